The van der Waals surface area contributed by atoms with Crippen LogP contribution in [0.2, 0.25) is 0 Å². The molecule has 5 rings (SSSR count). The van der Waals surface area contributed by atoms with Crippen LogP contribution >= 0.6 is 25.3 Å². The molecule has 5 aromatic rings. The number of thiol groups is 2. The number of hydrogen-bond donors (Lipinski definition) is 24. The Morgan fingerprint density at radius 1 is 0.470 bits per heavy atom. The van der Waals surface area contributed by atoms with E-state index in [0.717, 1.165) is 0 Å². The number of nitrogens with zero attached hydrogens (tertiary/aromatic N) is 1. The van der Waals surface area contributed by atoms with Gasteiger partial charge in [-0.3, -0.25) is 68.4 Å². The van der Waals surface area contributed by atoms with Gasteiger partial charge >= 0.3 is 11.9 Å². The molecule has 37 heteroatoms. The number of imidazole rings is 1. The summed E-state index contributed by atoms with van der Waals surface area (Å²) >= 11 is 8.51. The van der Waals surface area contributed by atoms with Crippen LogP contribution < -0.4 is 81.4 Å². The number of H-pyrrole nitrogens is 2. The Labute approximate surface area is 584 Å². The van der Waals surface area contributed by atoms with Crippen LogP contribution in [0.3, 0.4) is 0 Å². The first-order valence-electron chi connectivity index (χ1n) is 31.6. The number of guanidine groups is 2. The fourth-order valence-electron chi connectivity index (χ4n) is 10.1. The minimum absolute atomic E-state index is 0.00307. The Morgan fingerprint density at radius 2 is 0.880 bits per heavy atom. The summed E-state index contributed by atoms with van der Waals surface area (Å²) in [6, 6.07) is 6.15. The maximum atomic E-state index is 15.0. The largest absolute Gasteiger partial charge is 0.508 e. The quantitative estimate of drug-likeness (QED) is 0.00769. The average molecular weight is 1430 g/mol. The van der Waals surface area contributed by atoms with Crippen LogP contribution in [0.25, 0.3) is 10.9 Å². The van der Waals surface area contributed by atoms with Gasteiger partial charge in [-0.25, -0.2) is 4.98 Å². The highest BCUT2D eigenvalue weighted by Gasteiger charge is 2.36. The number of aromatic hydroxyl groups is 1. The highest BCUT2D eigenvalue weighted by atomic mass is 32.1. The molecule has 0 spiro atoms. The predicted molar refractivity (Wildman–Crippen MR) is 371 cm³/mol. The number of nitrogens with one attached hydrogen (secondary N) is 15. The minimum atomic E-state index is -1.74. The molecule has 0 radical (unpaired) electrons. The molecule has 10 amide bonds. The number of phenolic OH excluding ortho intramolecular Hbond substituents is 1. The fourth-order valence-corrected chi connectivity index (χ4v) is 10.6. The molecule has 0 bridgehead atoms. The molecule has 2 aromatic heterocycles. The monoisotopic (exact) mass is 1430 g/mol. The molecule has 0 fully saturated rings. The van der Waals surface area contributed by atoms with E-state index in [2.05, 4.69) is 98.7 Å². The number of primary amides is 1. The molecule has 0 aliphatic rings. The van der Waals surface area contributed by atoms with Crippen LogP contribution in [0.15, 0.2) is 97.6 Å². The summed E-state index contributed by atoms with van der Waals surface area (Å²) in [5.74, 6) is -14.0. The number of rotatable bonds is 43. The first-order valence-corrected chi connectivity index (χ1v) is 32.8. The molecule has 0 saturated heterocycles. The number of carboxylic acids is 2. The second-order valence-electron chi connectivity index (χ2n) is 23.2. The highest BCUT2D eigenvalue weighted by Crippen LogP contribution is 2.20. The summed E-state index contributed by atoms with van der Waals surface area (Å²) in [4.78, 5) is 174. The number of carbonyl (C=O) groups excluding carboxylic acids is 10. The van der Waals surface area contributed by atoms with Crippen molar-refractivity contribution in [2.75, 3.05) is 24.6 Å². The van der Waals surface area contributed by atoms with Crippen molar-refractivity contribution in [2.45, 2.75) is 137 Å². The topological polar surface area (TPSA) is 594 Å². The van der Waals surface area contributed by atoms with E-state index in [9.17, 15) is 72.9 Å². The van der Waals surface area contributed by atoms with Gasteiger partial charge in [0.2, 0.25) is 59.1 Å². The molecule has 2 heterocycles. The molecule has 26 N–H and O–H groups in total. The number of para-hydroxylation sites is 1. The van der Waals surface area contributed by atoms with Gasteiger partial charge in [0.1, 0.15) is 60.1 Å². The second kappa shape index (κ2) is 40.7. The van der Waals surface area contributed by atoms with Crippen molar-refractivity contribution in [3.05, 3.63) is 120 Å². The van der Waals surface area contributed by atoms with Crippen molar-refractivity contribution in [2.24, 2.45) is 22.9 Å². The number of amides is 10. The Hall–Kier alpha value is -11.0. The second-order valence-corrected chi connectivity index (χ2v) is 23.9. The molecule has 0 aliphatic heterocycles. The van der Waals surface area contributed by atoms with E-state index in [1.165, 1.54) is 24.7 Å². The first kappa shape index (κ1) is 79.7. The van der Waals surface area contributed by atoms with Crippen LogP contribution in [-0.4, -0.2) is 198 Å². The van der Waals surface area contributed by atoms with Gasteiger partial charge in [0.15, 0.2) is 11.9 Å². The van der Waals surface area contributed by atoms with Gasteiger partial charge in [-0.15, -0.1) is 0 Å². The summed E-state index contributed by atoms with van der Waals surface area (Å²) < 4.78 is 0. The number of phenols is 1. The summed E-state index contributed by atoms with van der Waals surface area (Å²) in [5, 5.41) is 72.8. The molecule has 0 aliphatic carbocycles. The smallest absolute Gasteiger partial charge is 0.303 e. The van der Waals surface area contributed by atoms with E-state index in [1.54, 1.807) is 72.9 Å². The molecule has 100 heavy (non-hydrogen) atoms. The Morgan fingerprint density at radius 3 is 1.36 bits per heavy atom. The van der Waals surface area contributed by atoms with Crippen molar-refractivity contribution in [3.63, 3.8) is 0 Å². The van der Waals surface area contributed by atoms with Gasteiger partial charge in [-0.1, -0.05) is 60.7 Å². The predicted octanol–water partition coefficient (Wildman–Crippen LogP) is -3.84. The zero-order chi connectivity index (χ0) is 73.4. The Bertz CT molecular complexity index is 3640. The van der Waals surface area contributed by atoms with Crippen molar-refractivity contribution >= 4 is 119 Å². The van der Waals surface area contributed by atoms with Gasteiger partial charge in [-0.05, 0) is 79.8 Å². The number of aromatic amines is 2. The zero-order valence-electron chi connectivity index (χ0n) is 54.2. The number of carbonyl (C=O) groups is 12. The number of aliphatic carboxylic acids is 2. The molecule has 540 valence electrons. The van der Waals surface area contributed by atoms with Crippen molar-refractivity contribution < 1.29 is 72.9 Å². The van der Waals surface area contributed by atoms with E-state index in [4.69, 9.17) is 33.8 Å². The normalized spacial score (nSPS) is 14.0. The van der Waals surface area contributed by atoms with Gasteiger partial charge in [0.25, 0.3) is 0 Å². The molecule has 0 saturated carbocycles. The number of benzene rings is 3. The van der Waals surface area contributed by atoms with Crippen molar-refractivity contribution in [3.8, 4) is 5.75 Å². The van der Waals surface area contributed by atoms with Crippen LogP contribution in [0, 0.1) is 10.8 Å². The van der Waals surface area contributed by atoms with Crippen LogP contribution in [0.4, 0.5) is 0 Å². The molecular formula is C63H86N20O15S2. The van der Waals surface area contributed by atoms with E-state index in [-0.39, 0.29) is 94.0 Å². The summed E-state index contributed by atoms with van der Waals surface area (Å²) in [6.45, 7) is 0.104. The maximum absolute atomic E-state index is 15.0. The molecule has 10 atom stereocenters. The van der Waals surface area contributed by atoms with E-state index in [0.29, 0.717) is 27.6 Å². The Balaban J connectivity index is 1.42. The van der Waals surface area contributed by atoms with Gasteiger partial charge in [-0.2, -0.15) is 25.3 Å². The fraction of sp³-hybridized carbons (Fsp3) is 0.413. The maximum Gasteiger partial charge on any atom is 0.303 e. The van der Waals surface area contributed by atoms with Gasteiger partial charge in [0.05, 0.1) is 12.4 Å². The van der Waals surface area contributed by atoms with E-state index in [1.807, 2.05) is 0 Å². The lowest BCUT2D eigenvalue weighted by Crippen LogP contribution is -2.61. The number of fused-ring (bicyclic) bond motifs is 1. The molecular weight excluding hydrogens is 1340 g/mol. The highest BCUT2D eigenvalue weighted by molar-refractivity contribution is 7.80. The number of aromatic nitrogens is 3. The number of carboxylic acid groups (broad SMARTS) is 2. The average Bonchev–Trinajstić information content (AvgIpc) is 1.60. The van der Waals surface area contributed by atoms with Crippen LogP contribution in [0.5, 0.6) is 5.75 Å². The number of nitrogens with two attached hydrogens (primary N) is 4. The van der Waals surface area contributed by atoms with Gasteiger partial charge < -0.3 is 107 Å². The van der Waals surface area contributed by atoms with Crippen molar-refractivity contribution in [1.82, 2.24) is 73.4 Å². The number of hydrogen-bond acceptors (Lipinski definition) is 19. The SMILES string of the molecule is N=C(N)NCCC[C@H](NC(=O)[C@@H](N)Cc1ccc(O)cc1)C(=O)N[C@@H](CS)C(=O)N[C@@H](CCC(=O)O)C(=O)N[C@@H](Cc1cnc[nH]1)C(=O)N[C@H](Cc1ccccc1)C(=O)N[C@@H](CCCNC(=N)N)C(=O)N[C@@H](Cc1c[nH]c2ccccc12)C(=O)N[C@@H](CS)C(=O)N[C@@H](CCC(=O)O)C(N)=O. The van der Waals surface area contributed by atoms with E-state index < -0.39 is 162 Å². The van der Waals surface area contributed by atoms with Gasteiger partial charge in [0, 0.05) is 85.7 Å². The molecule has 35 nitrogen and oxygen atoms in total. The standard InChI is InChI=1S/C63H86N20O15S2/c64-39(24-34-14-16-37(84)17-15-34)53(90)76-42(12-6-22-71-62(66)67)55(92)82-49(31-100)61(98)78-44(19-21-51(87)88)56(93)81-47(27-36-29-70-32-74-36)59(96)79-45(25-33-8-2-1-3-9-33)57(94)77-43(13-7-23-72-63(68)69)54(91)80-46(26-35-28-73-40-11-5-4-10-38(35)40)58(95)83-48(30-99)60(97)75-41(52(65)89)18-20-50(85)86/h1-5,8-11,14-17,28-29,32,39,41-49,73,84,99-100H,6-7,12-13,18-27,30-31,64H2,(H2,65,89)(H,70,74)(H,75,97)(H,76,90)(H,77,94)(H,78,98)(H,79,96)(H,80,91)(H,81,93)(H,82,92)(H,83,95)(H,85,86)(H,87,88)(H4,66,67,71)(H4,68,69,72)/t39-,41-,42-,43-,44-,45+,46-,47-,48-,49-/m0/s1. The lowest BCUT2D eigenvalue weighted by molar-refractivity contribution is -0.139. The first-order chi connectivity index (χ1) is 47.6. The lowest BCUT2D eigenvalue weighted by atomic mass is 10.0. The third-order valence-corrected chi connectivity index (χ3v) is 16.2. The molecule has 0 unspecified atom stereocenters. The summed E-state index contributed by atoms with van der Waals surface area (Å²) in [5.41, 5.74) is 25.2. The van der Waals surface area contributed by atoms with Crippen LogP contribution in [0.1, 0.15) is 73.8 Å². The minimum Gasteiger partial charge on any atom is -0.508 e. The lowest BCUT2D eigenvalue weighted by Gasteiger charge is -2.28. The summed E-state index contributed by atoms with van der Waals surface area (Å²) in [6.07, 6.45) is 1.11. The van der Waals surface area contributed by atoms with Crippen LogP contribution in [-0.2, 0) is 83.2 Å². The zero-order valence-corrected chi connectivity index (χ0v) is 56.0. The summed E-state index contributed by atoms with van der Waals surface area (Å²) in [7, 11) is 0. The van der Waals surface area contributed by atoms with E-state index >= 15 is 0 Å². The van der Waals surface area contributed by atoms with Crippen molar-refractivity contribution in [1.29, 1.82) is 10.8 Å². The molecule has 3 aromatic carbocycles. The third-order valence-electron chi connectivity index (χ3n) is 15.4. The Kier molecular flexibility index (Phi) is 32.4. The third kappa shape index (κ3) is 27.2.